The molecule has 2 rings (SSSR count). The Morgan fingerprint density at radius 1 is 1.30 bits per heavy atom. The second-order valence-corrected chi connectivity index (χ2v) is 6.63. The Kier molecular flexibility index (Phi) is 5.73. The molecular formula is C16H24FNOS. The van der Waals surface area contributed by atoms with Crippen LogP contribution >= 0.6 is 11.8 Å². The molecular weight excluding hydrogens is 273 g/mol. The summed E-state index contributed by atoms with van der Waals surface area (Å²) in [5.74, 6) is 0.0196. The molecule has 1 aliphatic carbocycles. The third kappa shape index (κ3) is 3.89. The highest BCUT2D eigenvalue weighted by atomic mass is 32.2. The fourth-order valence-electron chi connectivity index (χ4n) is 2.87. The molecule has 0 radical (unpaired) electrons. The molecule has 112 valence electrons. The Morgan fingerprint density at radius 2 is 2.00 bits per heavy atom. The quantitative estimate of drug-likeness (QED) is 0.882. The third-order valence-corrected chi connectivity index (χ3v) is 5.31. The van der Waals surface area contributed by atoms with Crippen molar-refractivity contribution >= 4 is 11.8 Å². The Hall–Kier alpha value is -0.740. The molecule has 0 spiro atoms. The van der Waals surface area contributed by atoms with Gasteiger partial charge in [0.25, 0.3) is 0 Å². The van der Waals surface area contributed by atoms with E-state index >= 15 is 0 Å². The molecule has 20 heavy (non-hydrogen) atoms. The number of hydrogen-bond donors (Lipinski definition) is 1. The molecule has 0 saturated heterocycles. The first kappa shape index (κ1) is 15.6. The Morgan fingerprint density at radius 3 is 2.55 bits per heavy atom. The zero-order chi connectivity index (χ0) is 14.5. The molecule has 1 saturated carbocycles. The van der Waals surface area contributed by atoms with E-state index in [9.17, 15) is 4.39 Å². The van der Waals surface area contributed by atoms with E-state index in [0.717, 1.165) is 10.8 Å². The van der Waals surface area contributed by atoms with Gasteiger partial charge in [-0.15, -0.1) is 0 Å². The van der Waals surface area contributed by atoms with Gasteiger partial charge < -0.3 is 10.1 Å². The topological polar surface area (TPSA) is 21.3 Å². The van der Waals surface area contributed by atoms with Gasteiger partial charge in [0.1, 0.15) is 0 Å². The van der Waals surface area contributed by atoms with Crippen LogP contribution in [0.5, 0.6) is 5.75 Å². The van der Waals surface area contributed by atoms with Crippen molar-refractivity contribution in [1.82, 2.24) is 5.32 Å². The lowest BCUT2D eigenvalue weighted by Crippen LogP contribution is -2.35. The minimum absolute atomic E-state index is 0.172. The van der Waals surface area contributed by atoms with E-state index in [-0.39, 0.29) is 11.9 Å². The summed E-state index contributed by atoms with van der Waals surface area (Å²) >= 11 is 1.98. The first-order valence-electron chi connectivity index (χ1n) is 7.26. The first-order valence-corrected chi connectivity index (χ1v) is 8.55. The number of ether oxygens (including phenoxy) is 1. The van der Waals surface area contributed by atoms with E-state index < -0.39 is 0 Å². The van der Waals surface area contributed by atoms with E-state index in [1.54, 1.807) is 12.1 Å². The lowest BCUT2D eigenvalue weighted by atomic mass is 9.93. The standard InChI is InChI=1S/C16H24FNOS/c1-11(12-4-9-16(19-2)15(17)10-12)18-13-5-7-14(20-3)8-6-13/h4,9-11,13-14,18H,5-8H2,1-3H3. The average Bonchev–Trinajstić information content (AvgIpc) is 2.48. The maximum atomic E-state index is 13.7. The lowest BCUT2D eigenvalue weighted by molar-refractivity contribution is 0.350. The molecule has 1 aliphatic rings. The van der Waals surface area contributed by atoms with Gasteiger partial charge in [0.15, 0.2) is 11.6 Å². The van der Waals surface area contributed by atoms with Crippen LogP contribution in [0.1, 0.15) is 44.2 Å². The van der Waals surface area contributed by atoms with Crippen LogP contribution in [0.15, 0.2) is 18.2 Å². The number of benzene rings is 1. The molecule has 1 unspecified atom stereocenters. The molecule has 1 aromatic rings. The fourth-order valence-corrected chi connectivity index (χ4v) is 3.61. The maximum Gasteiger partial charge on any atom is 0.165 e. The van der Waals surface area contributed by atoms with Crippen LogP contribution in [0.3, 0.4) is 0 Å². The predicted molar refractivity (Wildman–Crippen MR) is 84.1 cm³/mol. The lowest BCUT2D eigenvalue weighted by Gasteiger charge is -2.30. The van der Waals surface area contributed by atoms with Gasteiger partial charge >= 0.3 is 0 Å². The van der Waals surface area contributed by atoms with Gasteiger partial charge in [0, 0.05) is 17.3 Å². The van der Waals surface area contributed by atoms with E-state index in [4.69, 9.17) is 4.74 Å². The van der Waals surface area contributed by atoms with Crippen LogP contribution in [0.25, 0.3) is 0 Å². The minimum atomic E-state index is -0.287. The van der Waals surface area contributed by atoms with Crippen LogP contribution in [0.2, 0.25) is 0 Å². The number of thioether (sulfide) groups is 1. The van der Waals surface area contributed by atoms with Crippen molar-refractivity contribution in [2.75, 3.05) is 13.4 Å². The van der Waals surface area contributed by atoms with Gasteiger partial charge in [-0.25, -0.2) is 4.39 Å². The largest absolute Gasteiger partial charge is 0.494 e. The van der Waals surface area contributed by atoms with Gasteiger partial charge in [-0.3, -0.25) is 0 Å². The average molecular weight is 297 g/mol. The second-order valence-electron chi connectivity index (χ2n) is 5.49. The van der Waals surface area contributed by atoms with Crippen molar-refractivity contribution in [3.63, 3.8) is 0 Å². The highest BCUT2D eigenvalue weighted by Gasteiger charge is 2.22. The van der Waals surface area contributed by atoms with Gasteiger partial charge in [0.2, 0.25) is 0 Å². The first-order chi connectivity index (χ1) is 9.63. The van der Waals surface area contributed by atoms with E-state index in [2.05, 4.69) is 18.5 Å². The highest BCUT2D eigenvalue weighted by Crippen LogP contribution is 2.29. The minimum Gasteiger partial charge on any atom is -0.494 e. The van der Waals surface area contributed by atoms with Crippen molar-refractivity contribution in [2.45, 2.75) is 49.9 Å². The zero-order valence-electron chi connectivity index (χ0n) is 12.5. The molecule has 0 aliphatic heterocycles. The number of halogens is 1. The normalized spacial score (nSPS) is 24.4. The molecule has 0 aromatic heterocycles. The fraction of sp³-hybridized carbons (Fsp3) is 0.625. The number of methoxy groups -OCH3 is 1. The van der Waals surface area contributed by atoms with Crippen LogP contribution in [-0.4, -0.2) is 24.7 Å². The van der Waals surface area contributed by atoms with Crippen LogP contribution in [0, 0.1) is 5.82 Å². The molecule has 1 atom stereocenters. The summed E-state index contributed by atoms with van der Waals surface area (Å²) in [6.07, 6.45) is 7.19. The Bertz CT molecular complexity index is 432. The van der Waals surface area contributed by atoms with Gasteiger partial charge in [0.05, 0.1) is 7.11 Å². The van der Waals surface area contributed by atoms with E-state index in [1.165, 1.54) is 32.8 Å². The predicted octanol–water partition coefficient (Wildman–Crippen LogP) is 4.16. The molecule has 0 bridgehead atoms. The van der Waals surface area contributed by atoms with Crippen molar-refractivity contribution in [2.24, 2.45) is 0 Å². The Labute approximate surface area is 125 Å². The molecule has 1 aromatic carbocycles. The van der Waals surface area contributed by atoms with E-state index in [1.807, 2.05) is 17.8 Å². The number of rotatable bonds is 5. The smallest absolute Gasteiger partial charge is 0.165 e. The second kappa shape index (κ2) is 7.32. The van der Waals surface area contributed by atoms with E-state index in [0.29, 0.717) is 11.8 Å². The third-order valence-electron chi connectivity index (χ3n) is 4.17. The maximum absolute atomic E-state index is 13.7. The molecule has 4 heteroatoms. The van der Waals surface area contributed by atoms with Crippen molar-refractivity contribution < 1.29 is 9.13 Å². The molecule has 0 amide bonds. The zero-order valence-corrected chi connectivity index (χ0v) is 13.3. The molecule has 2 nitrogen and oxygen atoms in total. The summed E-state index contributed by atoms with van der Waals surface area (Å²) in [5.41, 5.74) is 0.982. The number of hydrogen-bond acceptors (Lipinski definition) is 3. The number of nitrogens with one attached hydrogen (secondary N) is 1. The molecule has 1 N–H and O–H groups in total. The molecule has 1 fully saturated rings. The van der Waals surface area contributed by atoms with Crippen LogP contribution in [0.4, 0.5) is 4.39 Å². The van der Waals surface area contributed by atoms with Crippen molar-refractivity contribution in [3.8, 4) is 5.75 Å². The van der Waals surface area contributed by atoms with Crippen LogP contribution < -0.4 is 10.1 Å². The monoisotopic (exact) mass is 297 g/mol. The van der Waals surface area contributed by atoms with Crippen molar-refractivity contribution in [1.29, 1.82) is 0 Å². The highest BCUT2D eigenvalue weighted by molar-refractivity contribution is 7.99. The summed E-state index contributed by atoms with van der Waals surface area (Å²) in [5, 5.41) is 4.45. The van der Waals surface area contributed by atoms with Crippen molar-refractivity contribution in [3.05, 3.63) is 29.6 Å². The summed E-state index contributed by atoms with van der Waals surface area (Å²) in [7, 11) is 1.49. The van der Waals surface area contributed by atoms with Gasteiger partial charge in [-0.05, 0) is 56.6 Å². The SMILES string of the molecule is COc1ccc(C(C)NC2CCC(SC)CC2)cc1F. The summed E-state index contributed by atoms with van der Waals surface area (Å²) in [4.78, 5) is 0. The summed E-state index contributed by atoms with van der Waals surface area (Å²) < 4.78 is 18.7. The molecule has 0 heterocycles. The van der Waals surface area contributed by atoms with Gasteiger partial charge in [-0.1, -0.05) is 6.07 Å². The Balaban J connectivity index is 1.91. The summed E-state index contributed by atoms with van der Waals surface area (Å²) in [6, 6.07) is 5.94. The summed E-state index contributed by atoms with van der Waals surface area (Å²) in [6.45, 7) is 2.10. The van der Waals surface area contributed by atoms with Crippen LogP contribution in [-0.2, 0) is 0 Å². The van der Waals surface area contributed by atoms with Gasteiger partial charge in [-0.2, -0.15) is 11.8 Å².